The van der Waals surface area contributed by atoms with Crippen LogP contribution in [0.25, 0.3) is 0 Å². The summed E-state index contributed by atoms with van der Waals surface area (Å²) in [6, 6.07) is 0. The number of esters is 2. The molecule has 0 amide bonds. The summed E-state index contributed by atoms with van der Waals surface area (Å²) < 4.78 is 69.9. The van der Waals surface area contributed by atoms with Crippen LogP contribution in [0.1, 0.15) is 52.4 Å². The van der Waals surface area contributed by atoms with Gasteiger partial charge in [0.1, 0.15) is 13.2 Å². The average molecular weight is 801 g/mol. The number of unbranched alkanes of at least 4 members (excludes halogenated alkanes) is 1. The zero-order valence-corrected chi connectivity index (χ0v) is 33.2. The Morgan fingerprint density at radius 1 is 0.418 bits per heavy atom. The quantitative estimate of drug-likeness (QED) is 0.0530. The topological polar surface area (TPSA) is 208 Å². The first kappa shape index (κ1) is 52.6. The molecule has 18 heteroatoms. The van der Waals surface area contributed by atoms with E-state index < -0.39 is 17.7 Å². The van der Waals surface area contributed by atoms with Crippen molar-refractivity contribution in [3.8, 4) is 0 Å². The second-order valence-corrected chi connectivity index (χ2v) is 11.6. The van der Waals surface area contributed by atoms with Crippen molar-refractivity contribution in [3.63, 3.8) is 0 Å². The van der Waals surface area contributed by atoms with Crippen LogP contribution in [0.2, 0.25) is 0 Å². The molecule has 0 aromatic carbocycles. The highest BCUT2D eigenvalue weighted by molar-refractivity contribution is 6.32. The summed E-state index contributed by atoms with van der Waals surface area (Å²) in [7, 11) is 0. The van der Waals surface area contributed by atoms with Crippen LogP contribution in [0, 0.1) is 5.92 Å². The van der Waals surface area contributed by atoms with Gasteiger partial charge in [0.2, 0.25) is 5.78 Å². The highest BCUT2D eigenvalue weighted by Gasteiger charge is 2.17. The molecule has 0 aliphatic rings. The summed E-state index contributed by atoms with van der Waals surface area (Å²) in [4.78, 5) is 44.7. The van der Waals surface area contributed by atoms with Crippen LogP contribution in [0.4, 0.5) is 0 Å². The van der Waals surface area contributed by atoms with Gasteiger partial charge < -0.3 is 66.7 Å². The van der Waals surface area contributed by atoms with Crippen molar-refractivity contribution in [3.05, 3.63) is 0 Å². The third-order valence-corrected chi connectivity index (χ3v) is 7.21. The molecule has 0 saturated carbocycles. The Kier molecular flexibility index (Phi) is 40.9. The van der Waals surface area contributed by atoms with E-state index in [1.807, 2.05) is 6.92 Å². The van der Waals surface area contributed by atoms with E-state index in [0.29, 0.717) is 139 Å². The number of ketones is 1. The predicted molar refractivity (Wildman–Crippen MR) is 196 cm³/mol. The van der Waals surface area contributed by atoms with E-state index in [1.165, 1.54) is 0 Å². The fourth-order valence-corrected chi connectivity index (χ4v) is 4.17. The molecule has 0 aliphatic carbocycles. The van der Waals surface area contributed by atoms with Crippen molar-refractivity contribution in [2.75, 3.05) is 159 Å². The number of ether oxygens (including phenoxy) is 13. The minimum absolute atomic E-state index is 0.00902. The van der Waals surface area contributed by atoms with Crippen LogP contribution < -0.4 is 0 Å². The van der Waals surface area contributed by atoms with Gasteiger partial charge in [-0.25, -0.2) is 4.79 Å². The van der Waals surface area contributed by atoms with Crippen molar-refractivity contribution < 1.29 is 85.9 Å². The lowest BCUT2D eigenvalue weighted by molar-refractivity contribution is -0.151. The number of aliphatic carboxylic acids is 1. The molecule has 18 nitrogen and oxygen atoms in total. The van der Waals surface area contributed by atoms with Gasteiger partial charge in [-0.05, 0) is 12.8 Å². The van der Waals surface area contributed by atoms with Gasteiger partial charge in [-0.1, -0.05) is 26.7 Å². The van der Waals surface area contributed by atoms with Crippen molar-refractivity contribution >= 4 is 23.7 Å². The lowest BCUT2D eigenvalue weighted by Gasteiger charge is -2.13. The number of carbonyl (C=O) groups is 4. The van der Waals surface area contributed by atoms with E-state index in [1.54, 1.807) is 0 Å². The first-order valence-electron chi connectivity index (χ1n) is 19.4. The Morgan fingerprint density at radius 2 is 0.709 bits per heavy atom. The van der Waals surface area contributed by atoms with Crippen molar-refractivity contribution in [2.45, 2.75) is 52.4 Å². The molecule has 55 heavy (non-hydrogen) atoms. The summed E-state index contributed by atoms with van der Waals surface area (Å²) >= 11 is 0. The van der Waals surface area contributed by atoms with Crippen LogP contribution in [0.5, 0.6) is 0 Å². The zero-order valence-electron chi connectivity index (χ0n) is 33.2. The molecule has 0 aliphatic heterocycles. The molecular formula is C37H68O18. The average Bonchev–Trinajstić information content (AvgIpc) is 3.18. The molecule has 0 bridgehead atoms. The van der Waals surface area contributed by atoms with Crippen LogP contribution in [-0.2, 0) is 80.8 Å². The number of hydrogen-bond acceptors (Lipinski definition) is 17. The van der Waals surface area contributed by atoms with Crippen LogP contribution in [0.15, 0.2) is 0 Å². The van der Waals surface area contributed by atoms with Crippen LogP contribution in [-0.4, -0.2) is 187 Å². The van der Waals surface area contributed by atoms with Gasteiger partial charge in [-0.3, -0.25) is 14.4 Å². The number of Topliss-reactive ketones (excluding diaryl/α,β-unsaturated/α-hetero) is 1. The van der Waals surface area contributed by atoms with Crippen molar-refractivity contribution in [1.29, 1.82) is 0 Å². The molecule has 1 unspecified atom stereocenters. The van der Waals surface area contributed by atoms with Gasteiger partial charge in [-0.2, -0.15) is 0 Å². The molecule has 1 atom stereocenters. The minimum atomic E-state index is -1.57. The maximum atomic E-state index is 12.0. The Labute approximate surface area is 326 Å². The molecule has 0 fully saturated rings. The predicted octanol–water partition coefficient (Wildman–Crippen LogP) is 1.91. The molecule has 0 rings (SSSR count). The van der Waals surface area contributed by atoms with Gasteiger partial charge >= 0.3 is 17.9 Å². The Hall–Kier alpha value is -2.36. The first-order valence-corrected chi connectivity index (χ1v) is 19.4. The first-order chi connectivity index (χ1) is 26.9. The van der Waals surface area contributed by atoms with Gasteiger partial charge in [0.25, 0.3) is 0 Å². The van der Waals surface area contributed by atoms with E-state index in [4.69, 9.17) is 66.7 Å². The van der Waals surface area contributed by atoms with Crippen LogP contribution >= 0.6 is 0 Å². The highest BCUT2D eigenvalue weighted by atomic mass is 16.6. The van der Waals surface area contributed by atoms with Gasteiger partial charge in [0.05, 0.1) is 158 Å². The summed E-state index contributed by atoms with van der Waals surface area (Å²) in [5.74, 6) is -3.39. The monoisotopic (exact) mass is 800 g/mol. The molecule has 0 aromatic rings. The van der Waals surface area contributed by atoms with Crippen molar-refractivity contribution in [2.24, 2.45) is 5.92 Å². The molecule has 0 radical (unpaired) electrons. The Bertz CT molecular complexity index is 892. The number of rotatable bonds is 45. The van der Waals surface area contributed by atoms with Crippen molar-refractivity contribution in [1.82, 2.24) is 0 Å². The summed E-state index contributed by atoms with van der Waals surface area (Å²) in [6.07, 6.45) is 3.12. The summed E-state index contributed by atoms with van der Waals surface area (Å²) in [6.45, 7) is 13.7. The SMILES string of the molecule is CCCCC(CC)C(=O)OCCOCCOCCOCCOCCOCCOCCOCCOCCOCCOCCOCCOC(=O)CCC(=O)C(=O)O. The Balaban J connectivity index is 3.18. The van der Waals surface area contributed by atoms with Gasteiger partial charge in [-0.15, -0.1) is 0 Å². The summed E-state index contributed by atoms with van der Waals surface area (Å²) in [5.41, 5.74) is 0. The second kappa shape index (κ2) is 42.8. The standard InChI is InChI=1S/C37H68O18/c1-3-5-6-33(4-2)37(42)55-32-30-53-28-26-51-24-22-49-20-18-47-16-14-45-12-10-43-9-11-44-13-15-46-17-19-48-21-23-50-25-27-52-29-31-54-35(39)8-7-34(38)36(40)41/h33H,3-32H2,1-2H3,(H,40,41). The van der Waals surface area contributed by atoms with E-state index in [2.05, 4.69) is 6.92 Å². The molecule has 0 saturated heterocycles. The fourth-order valence-electron chi connectivity index (χ4n) is 4.17. The third kappa shape index (κ3) is 39.7. The zero-order chi connectivity index (χ0) is 40.3. The fraction of sp³-hybridized carbons (Fsp3) is 0.892. The van der Waals surface area contributed by atoms with E-state index >= 15 is 0 Å². The van der Waals surface area contributed by atoms with E-state index in [0.717, 1.165) is 25.7 Å². The maximum Gasteiger partial charge on any atom is 0.372 e. The molecule has 0 heterocycles. The molecule has 324 valence electrons. The number of carbonyl (C=O) groups excluding carboxylic acids is 3. The molecule has 0 aromatic heterocycles. The van der Waals surface area contributed by atoms with Gasteiger partial charge in [0, 0.05) is 6.42 Å². The molecular weight excluding hydrogens is 732 g/mol. The lowest BCUT2D eigenvalue weighted by atomic mass is 10.00. The van der Waals surface area contributed by atoms with E-state index in [9.17, 15) is 19.2 Å². The number of carboxylic acids is 1. The number of hydrogen-bond donors (Lipinski definition) is 1. The highest BCUT2D eigenvalue weighted by Crippen LogP contribution is 2.14. The van der Waals surface area contributed by atoms with E-state index in [-0.39, 0.29) is 44.5 Å². The molecule has 1 N–H and O–H groups in total. The lowest BCUT2D eigenvalue weighted by Crippen LogP contribution is -2.20. The third-order valence-electron chi connectivity index (χ3n) is 7.21. The van der Waals surface area contributed by atoms with Crippen LogP contribution in [0.3, 0.4) is 0 Å². The Morgan fingerprint density at radius 3 is 0.982 bits per heavy atom. The maximum absolute atomic E-state index is 12.0. The second-order valence-electron chi connectivity index (χ2n) is 11.6. The largest absolute Gasteiger partial charge is 0.476 e. The molecule has 0 spiro atoms. The summed E-state index contributed by atoms with van der Waals surface area (Å²) in [5, 5.41) is 8.45. The minimum Gasteiger partial charge on any atom is -0.476 e. The van der Waals surface area contributed by atoms with Gasteiger partial charge in [0.15, 0.2) is 0 Å². The number of carboxylic acid groups (broad SMARTS) is 1. The smallest absolute Gasteiger partial charge is 0.372 e. The normalized spacial score (nSPS) is 11.8.